The quantitative estimate of drug-likeness (QED) is 0.664. The van der Waals surface area contributed by atoms with Crippen molar-refractivity contribution in [3.8, 4) is 0 Å². The van der Waals surface area contributed by atoms with Gasteiger partial charge in [-0.2, -0.15) is 0 Å². The molecule has 0 bridgehead atoms. The van der Waals surface area contributed by atoms with Crippen LogP contribution in [-0.2, 0) is 14.8 Å². The fourth-order valence-electron chi connectivity index (χ4n) is 1.68. The van der Waals surface area contributed by atoms with Gasteiger partial charge in [0, 0.05) is 6.54 Å². The Labute approximate surface area is 111 Å². The smallest absolute Gasteiger partial charge is 0.213 e. The molecule has 0 aliphatic rings. The molecule has 5 nitrogen and oxygen atoms in total. The lowest BCUT2D eigenvalue weighted by Gasteiger charge is -2.25. The molecule has 2 N–H and O–H groups in total. The summed E-state index contributed by atoms with van der Waals surface area (Å²) >= 11 is 0. The average molecular weight is 281 g/mol. The van der Waals surface area contributed by atoms with Gasteiger partial charge in [0.1, 0.15) is 0 Å². The van der Waals surface area contributed by atoms with Crippen molar-refractivity contribution in [3.05, 3.63) is 0 Å². The van der Waals surface area contributed by atoms with E-state index in [-0.39, 0.29) is 25.0 Å². The Balaban J connectivity index is 4.10. The number of nitrogens with one attached hydrogen (secondary N) is 1. The first-order chi connectivity index (χ1) is 8.04. The molecule has 110 valence electrons. The molecule has 0 aromatic carbocycles. The summed E-state index contributed by atoms with van der Waals surface area (Å²) in [6.07, 6.45) is 0.571. The minimum Gasteiger partial charge on any atom is -0.389 e. The summed E-state index contributed by atoms with van der Waals surface area (Å²) in [4.78, 5) is 0. The van der Waals surface area contributed by atoms with Crippen LogP contribution in [0.1, 0.15) is 41.0 Å². The molecule has 0 aromatic heterocycles. The van der Waals surface area contributed by atoms with E-state index >= 15 is 0 Å². The molecule has 18 heavy (non-hydrogen) atoms. The topological polar surface area (TPSA) is 75.6 Å². The fraction of sp³-hybridized carbons (Fsp3) is 1.00. The molecule has 1 atom stereocenters. The van der Waals surface area contributed by atoms with Crippen molar-refractivity contribution in [1.82, 2.24) is 4.72 Å². The van der Waals surface area contributed by atoms with Crippen molar-refractivity contribution in [2.24, 2.45) is 5.92 Å². The van der Waals surface area contributed by atoms with Crippen LogP contribution in [0.25, 0.3) is 0 Å². The third-order valence-electron chi connectivity index (χ3n) is 2.32. The summed E-state index contributed by atoms with van der Waals surface area (Å²) in [6, 6.07) is 0. The van der Waals surface area contributed by atoms with Gasteiger partial charge in [-0.15, -0.1) is 0 Å². The van der Waals surface area contributed by atoms with Gasteiger partial charge >= 0.3 is 0 Å². The van der Waals surface area contributed by atoms with Crippen molar-refractivity contribution in [3.63, 3.8) is 0 Å². The molecule has 0 aliphatic carbocycles. The average Bonchev–Trinajstić information content (AvgIpc) is 2.12. The van der Waals surface area contributed by atoms with Crippen molar-refractivity contribution in [2.45, 2.75) is 52.7 Å². The SMILES string of the molecule is CC(C)CC(C)(O)CNS(=O)(=O)CCOC(C)C. The summed E-state index contributed by atoms with van der Waals surface area (Å²) in [6.45, 7) is 9.52. The Morgan fingerprint density at radius 1 is 1.28 bits per heavy atom. The molecule has 0 heterocycles. The predicted octanol–water partition coefficient (Wildman–Crippen LogP) is 1.13. The molecule has 0 aromatic rings. The molecule has 0 rings (SSSR count). The van der Waals surface area contributed by atoms with Crippen LogP contribution in [0.5, 0.6) is 0 Å². The van der Waals surface area contributed by atoms with Gasteiger partial charge in [0.2, 0.25) is 10.0 Å². The maximum Gasteiger partial charge on any atom is 0.213 e. The van der Waals surface area contributed by atoms with Gasteiger partial charge in [-0.3, -0.25) is 0 Å². The monoisotopic (exact) mass is 281 g/mol. The molecule has 0 aliphatic heterocycles. The summed E-state index contributed by atoms with van der Waals surface area (Å²) in [7, 11) is -3.38. The van der Waals surface area contributed by atoms with Crippen molar-refractivity contribution >= 4 is 10.0 Å². The Bertz CT molecular complexity index is 323. The highest BCUT2D eigenvalue weighted by atomic mass is 32.2. The van der Waals surface area contributed by atoms with E-state index in [9.17, 15) is 13.5 Å². The highest BCUT2D eigenvalue weighted by Gasteiger charge is 2.24. The molecular formula is C12H27NO4S. The largest absolute Gasteiger partial charge is 0.389 e. The molecule has 0 saturated heterocycles. The molecule has 0 fully saturated rings. The number of sulfonamides is 1. The normalized spacial score (nSPS) is 16.2. The van der Waals surface area contributed by atoms with E-state index in [0.717, 1.165) is 0 Å². The van der Waals surface area contributed by atoms with Crippen LogP contribution in [0, 0.1) is 5.92 Å². The number of rotatable bonds is 9. The fourth-order valence-corrected chi connectivity index (χ4v) is 2.67. The number of aliphatic hydroxyl groups is 1. The maximum atomic E-state index is 11.6. The maximum absolute atomic E-state index is 11.6. The molecular weight excluding hydrogens is 254 g/mol. The minimum absolute atomic E-state index is 0.0178. The van der Waals surface area contributed by atoms with Gasteiger partial charge in [-0.25, -0.2) is 13.1 Å². The first-order valence-electron chi connectivity index (χ1n) is 6.35. The molecule has 0 saturated carbocycles. The van der Waals surface area contributed by atoms with E-state index in [1.165, 1.54) is 0 Å². The lowest BCUT2D eigenvalue weighted by Crippen LogP contribution is -2.42. The van der Waals surface area contributed by atoms with E-state index in [4.69, 9.17) is 4.74 Å². The van der Waals surface area contributed by atoms with Gasteiger partial charge in [-0.1, -0.05) is 13.8 Å². The highest BCUT2D eigenvalue weighted by molar-refractivity contribution is 7.89. The van der Waals surface area contributed by atoms with Crippen molar-refractivity contribution in [2.75, 3.05) is 18.9 Å². The Hall–Kier alpha value is -0.170. The zero-order valence-corrected chi connectivity index (χ0v) is 12.9. The second kappa shape index (κ2) is 7.43. The first-order valence-corrected chi connectivity index (χ1v) is 8.00. The summed E-state index contributed by atoms with van der Waals surface area (Å²) in [5, 5.41) is 10.0. The second-order valence-electron chi connectivity index (χ2n) is 5.65. The van der Waals surface area contributed by atoms with Crippen LogP contribution in [0.15, 0.2) is 0 Å². The first kappa shape index (κ1) is 17.8. The van der Waals surface area contributed by atoms with Crippen LogP contribution in [-0.4, -0.2) is 44.1 Å². The number of ether oxygens (including phenoxy) is 1. The van der Waals surface area contributed by atoms with Crippen molar-refractivity contribution in [1.29, 1.82) is 0 Å². The molecule has 0 radical (unpaired) electrons. The molecule has 6 heteroatoms. The van der Waals surface area contributed by atoms with Gasteiger partial charge in [-0.05, 0) is 33.1 Å². The van der Waals surface area contributed by atoms with E-state index in [2.05, 4.69) is 4.72 Å². The summed E-state index contributed by atoms with van der Waals surface area (Å²) in [5.41, 5.74) is -1.01. The van der Waals surface area contributed by atoms with Gasteiger partial charge in [0.15, 0.2) is 0 Å². The standard InChI is InChI=1S/C12H27NO4S/c1-10(2)8-12(5,14)9-13-18(15,16)7-6-17-11(3)4/h10-11,13-14H,6-9H2,1-5H3. The second-order valence-corrected chi connectivity index (χ2v) is 7.58. The van der Waals surface area contributed by atoms with Crippen LogP contribution in [0.4, 0.5) is 0 Å². The summed E-state index contributed by atoms with van der Waals surface area (Å²) in [5.74, 6) is 0.233. The van der Waals surface area contributed by atoms with E-state index in [1.54, 1.807) is 6.92 Å². The molecule has 0 amide bonds. The van der Waals surface area contributed by atoms with Crippen LogP contribution in [0.3, 0.4) is 0 Å². The number of hydrogen-bond acceptors (Lipinski definition) is 4. The Kier molecular flexibility index (Phi) is 7.36. The third-order valence-corrected chi connectivity index (χ3v) is 3.61. The van der Waals surface area contributed by atoms with Gasteiger partial charge in [0.25, 0.3) is 0 Å². The highest BCUT2D eigenvalue weighted by Crippen LogP contribution is 2.15. The van der Waals surface area contributed by atoms with E-state index in [1.807, 2.05) is 27.7 Å². The van der Waals surface area contributed by atoms with Gasteiger partial charge < -0.3 is 9.84 Å². The van der Waals surface area contributed by atoms with Crippen LogP contribution < -0.4 is 4.72 Å². The van der Waals surface area contributed by atoms with E-state index < -0.39 is 15.6 Å². The van der Waals surface area contributed by atoms with Gasteiger partial charge in [0.05, 0.1) is 24.1 Å². The zero-order chi connectivity index (χ0) is 14.4. The lowest BCUT2D eigenvalue weighted by atomic mass is 9.95. The Morgan fingerprint density at radius 2 is 1.83 bits per heavy atom. The van der Waals surface area contributed by atoms with Crippen LogP contribution in [0.2, 0.25) is 0 Å². The van der Waals surface area contributed by atoms with Crippen LogP contribution >= 0.6 is 0 Å². The molecule has 0 spiro atoms. The Morgan fingerprint density at radius 3 is 2.28 bits per heavy atom. The number of hydrogen-bond donors (Lipinski definition) is 2. The molecule has 1 unspecified atom stereocenters. The van der Waals surface area contributed by atoms with E-state index in [0.29, 0.717) is 12.3 Å². The zero-order valence-electron chi connectivity index (χ0n) is 12.1. The summed E-state index contributed by atoms with van der Waals surface area (Å²) < 4.78 is 30.9. The lowest BCUT2D eigenvalue weighted by molar-refractivity contribution is 0.0435. The van der Waals surface area contributed by atoms with Crippen molar-refractivity contribution < 1.29 is 18.3 Å². The minimum atomic E-state index is -3.38. The third kappa shape index (κ3) is 9.82. The predicted molar refractivity (Wildman–Crippen MR) is 73.0 cm³/mol.